The molecule has 2 N–H and O–H groups in total. The van der Waals surface area contributed by atoms with E-state index < -0.39 is 12.2 Å². The third kappa shape index (κ3) is 2.19. The molecule has 19 heavy (non-hydrogen) atoms. The highest BCUT2D eigenvalue weighted by Crippen LogP contribution is 2.50. The van der Waals surface area contributed by atoms with Gasteiger partial charge in [-0.05, 0) is 61.3 Å². The van der Waals surface area contributed by atoms with Gasteiger partial charge in [-0.1, -0.05) is 31.6 Å². The lowest BCUT2D eigenvalue weighted by atomic mass is 9.62. The summed E-state index contributed by atoms with van der Waals surface area (Å²) >= 11 is 0. The standard InChI is InChI=1S/C17H26O2/c1-17(2)14-8-7-11-5-3-4-6-12(11)9-13(14)10-15(18)16(17)19/h6,9,11,14-16,18-19H,3-5,7-8,10H2,1-2H3/t11-,14-,15-,16+/m1/s1. The number of hydrogen-bond acceptors (Lipinski definition) is 2. The van der Waals surface area contributed by atoms with Crippen molar-refractivity contribution in [2.75, 3.05) is 0 Å². The number of aliphatic hydroxyl groups excluding tert-OH is 2. The van der Waals surface area contributed by atoms with Crippen LogP contribution in [0.15, 0.2) is 23.3 Å². The van der Waals surface area contributed by atoms with Crippen molar-refractivity contribution in [3.63, 3.8) is 0 Å². The largest absolute Gasteiger partial charge is 0.390 e. The highest BCUT2D eigenvalue weighted by molar-refractivity contribution is 5.33. The molecule has 0 radical (unpaired) electrons. The van der Waals surface area contributed by atoms with Crippen molar-refractivity contribution in [3.05, 3.63) is 23.3 Å². The third-order valence-electron chi connectivity index (χ3n) is 5.68. The molecule has 0 aliphatic heterocycles. The smallest absolute Gasteiger partial charge is 0.0858 e. The van der Waals surface area contributed by atoms with Crippen LogP contribution in [0.1, 0.15) is 52.4 Å². The quantitative estimate of drug-likeness (QED) is 0.704. The topological polar surface area (TPSA) is 40.5 Å². The Morgan fingerprint density at radius 3 is 2.74 bits per heavy atom. The lowest BCUT2D eigenvalue weighted by molar-refractivity contribution is -0.0904. The summed E-state index contributed by atoms with van der Waals surface area (Å²) in [5, 5.41) is 20.4. The maximum Gasteiger partial charge on any atom is 0.0858 e. The lowest BCUT2D eigenvalue weighted by Gasteiger charge is -2.46. The summed E-state index contributed by atoms with van der Waals surface area (Å²) in [6.45, 7) is 4.23. The maximum absolute atomic E-state index is 10.3. The summed E-state index contributed by atoms with van der Waals surface area (Å²) in [6, 6.07) is 0. The predicted molar refractivity (Wildman–Crippen MR) is 76.6 cm³/mol. The normalized spacial score (nSPS) is 41.5. The average molecular weight is 262 g/mol. The van der Waals surface area contributed by atoms with Gasteiger partial charge in [0.15, 0.2) is 0 Å². The monoisotopic (exact) mass is 262 g/mol. The van der Waals surface area contributed by atoms with E-state index in [1.165, 1.54) is 36.8 Å². The molecule has 1 fully saturated rings. The molecule has 4 atom stereocenters. The van der Waals surface area contributed by atoms with E-state index in [-0.39, 0.29) is 5.41 Å². The van der Waals surface area contributed by atoms with Gasteiger partial charge in [-0.2, -0.15) is 0 Å². The molecule has 0 amide bonds. The van der Waals surface area contributed by atoms with Gasteiger partial charge >= 0.3 is 0 Å². The first-order chi connectivity index (χ1) is 9.00. The van der Waals surface area contributed by atoms with Crippen molar-refractivity contribution in [2.24, 2.45) is 17.3 Å². The van der Waals surface area contributed by atoms with E-state index >= 15 is 0 Å². The second-order valence-corrected chi connectivity index (χ2v) is 7.22. The van der Waals surface area contributed by atoms with Gasteiger partial charge in [0.1, 0.15) is 0 Å². The van der Waals surface area contributed by atoms with Gasteiger partial charge in [0.25, 0.3) is 0 Å². The molecule has 0 aromatic rings. The number of allylic oxidation sites excluding steroid dienone is 3. The fourth-order valence-electron chi connectivity index (χ4n) is 4.43. The van der Waals surface area contributed by atoms with Crippen LogP contribution in [0, 0.1) is 17.3 Å². The van der Waals surface area contributed by atoms with Crippen molar-refractivity contribution < 1.29 is 10.2 Å². The van der Waals surface area contributed by atoms with Gasteiger partial charge in [-0.15, -0.1) is 0 Å². The fourth-order valence-corrected chi connectivity index (χ4v) is 4.43. The molecule has 3 aliphatic rings. The summed E-state index contributed by atoms with van der Waals surface area (Å²) in [4.78, 5) is 0. The molecule has 0 aromatic carbocycles. The number of hydrogen-bond donors (Lipinski definition) is 2. The van der Waals surface area contributed by atoms with Crippen molar-refractivity contribution in [2.45, 2.75) is 64.6 Å². The van der Waals surface area contributed by atoms with Crippen LogP contribution in [0.3, 0.4) is 0 Å². The SMILES string of the molecule is CC1(C)[C@@H]2CC[C@H]3CCCC=C3C=C2C[C@@H](O)[C@@H]1O. The van der Waals surface area contributed by atoms with Crippen LogP contribution in [0.5, 0.6) is 0 Å². The van der Waals surface area contributed by atoms with Crippen LogP contribution >= 0.6 is 0 Å². The first-order valence-electron chi connectivity index (χ1n) is 7.77. The van der Waals surface area contributed by atoms with E-state index in [1.807, 2.05) is 0 Å². The molecule has 0 heterocycles. The molecule has 2 nitrogen and oxygen atoms in total. The van der Waals surface area contributed by atoms with Crippen LogP contribution in [0.25, 0.3) is 0 Å². The Bertz CT molecular complexity index is 419. The second kappa shape index (κ2) is 4.75. The number of rotatable bonds is 0. The Hall–Kier alpha value is -0.600. The molecule has 0 saturated heterocycles. The lowest BCUT2D eigenvalue weighted by Crippen LogP contribution is -2.49. The first-order valence-corrected chi connectivity index (χ1v) is 7.77. The second-order valence-electron chi connectivity index (χ2n) is 7.22. The molecule has 106 valence electrons. The molecule has 0 bridgehead atoms. The van der Waals surface area contributed by atoms with E-state index in [1.54, 1.807) is 0 Å². The summed E-state index contributed by atoms with van der Waals surface area (Å²) in [5.41, 5.74) is 2.67. The first kappa shape index (κ1) is 13.4. The zero-order chi connectivity index (χ0) is 13.6. The zero-order valence-electron chi connectivity index (χ0n) is 12.1. The van der Waals surface area contributed by atoms with Gasteiger partial charge < -0.3 is 10.2 Å². The van der Waals surface area contributed by atoms with Crippen LogP contribution in [0.4, 0.5) is 0 Å². The molecular weight excluding hydrogens is 236 g/mol. The van der Waals surface area contributed by atoms with Crippen molar-refractivity contribution in [3.8, 4) is 0 Å². The molecule has 3 aliphatic carbocycles. The average Bonchev–Trinajstić information content (AvgIpc) is 2.56. The number of aliphatic hydroxyl groups is 2. The minimum absolute atomic E-state index is 0.211. The Morgan fingerprint density at radius 1 is 1.16 bits per heavy atom. The maximum atomic E-state index is 10.3. The van der Waals surface area contributed by atoms with Crippen molar-refractivity contribution in [1.82, 2.24) is 0 Å². The van der Waals surface area contributed by atoms with Crippen LogP contribution in [-0.4, -0.2) is 22.4 Å². The summed E-state index contributed by atoms with van der Waals surface area (Å²) in [6.07, 6.45) is 10.4. The molecule has 0 unspecified atom stereocenters. The van der Waals surface area contributed by atoms with Gasteiger partial charge in [0.05, 0.1) is 12.2 Å². The van der Waals surface area contributed by atoms with Crippen molar-refractivity contribution >= 4 is 0 Å². The molecule has 0 spiro atoms. The Kier molecular flexibility index (Phi) is 3.34. The van der Waals surface area contributed by atoms with E-state index in [2.05, 4.69) is 26.0 Å². The fraction of sp³-hybridized carbons (Fsp3) is 0.765. The van der Waals surface area contributed by atoms with Gasteiger partial charge in [-0.25, -0.2) is 0 Å². The predicted octanol–water partition coefficient (Wildman–Crippen LogP) is 3.20. The van der Waals surface area contributed by atoms with E-state index in [0.717, 1.165) is 12.3 Å². The van der Waals surface area contributed by atoms with Gasteiger partial charge in [0.2, 0.25) is 0 Å². The van der Waals surface area contributed by atoms with Crippen molar-refractivity contribution in [1.29, 1.82) is 0 Å². The summed E-state index contributed by atoms with van der Waals surface area (Å²) in [7, 11) is 0. The minimum Gasteiger partial charge on any atom is -0.390 e. The summed E-state index contributed by atoms with van der Waals surface area (Å²) < 4.78 is 0. The Labute approximate surface area is 116 Å². The highest BCUT2D eigenvalue weighted by atomic mass is 16.3. The van der Waals surface area contributed by atoms with Crippen LogP contribution in [0.2, 0.25) is 0 Å². The van der Waals surface area contributed by atoms with E-state index in [9.17, 15) is 10.2 Å². The number of fused-ring (bicyclic) bond motifs is 2. The zero-order valence-corrected chi connectivity index (χ0v) is 12.1. The highest BCUT2D eigenvalue weighted by Gasteiger charge is 2.47. The van der Waals surface area contributed by atoms with Crippen LogP contribution < -0.4 is 0 Å². The van der Waals surface area contributed by atoms with E-state index in [4.69, 9.17) is 0 Å². The molecular formula is C17H26O2. The molecule has 1 saturated carbocycles. The molecule has 0 aromatic heterocycles. The van der Waals surface area contributed by atoms with Crippen LogP contribution in [-0.2, 0) is 0 Å². The van der Waals surface area contributed by atoms with Gasteiger partial charge in [0, 0.05) is 0 Å². The molecule has 2 heteroatoms. The minimum atomic E-state index is -0.599. The Balaban J connectivity index is 1.96. The third-order valence-corrected chi connectivity index (χ3v) is 5.68. The van der Waals surface area contributed by atoms with Gasteiger partial charge in [-0.3, -0.25) is 0 Å². The summed E-state index contributed by atoms with van der Waals surface area (Å²) in [5.74, 6) is 1.15. The van der Waals surface area contributed by atoms with E-state index in [0.29, 0.717) is 12.3 Å². The molecule has 3 rings (SSSR count). The Morgan fingerprint density at radius 2 is 1.95 bits per heavy atom.